The van der Waals surface area contributed by atoms with Crippen molar-refractivity contribution in [3.8, 4) is 6.07 Å². The zero-order valence-electron chi connectivity index (χ0n) is 8.71. The van der Waals surface area contributed by atoms with E-state index in [0.717, 1.165) is 15.9 Å². The number of anilines is 1. The Morgan fingerprint density at radius 1 is 1.41 bits per heavy atom. The second-order valence-electron chi connectivity index (χ2n) is 3.35. The molecule has 0 unspecified atom stereocenters. The Labute approximate surface area is 112 Å². The molecule has 0 fully saturated rings. The summed E-state index contributed by atoms with van der Waals surface area (Å²) in [5.41, 5.74) is 1.31. The first kappa shape index (κ1) is 12.0. The lowest BCUT2D eigenvalue weighted by molar-refractivity contribution is 0.516. The lowest BCUT2D eigenvalue weighted by atomic mass is 10.2. The van der Waals surface area contributed by atoms with Crippen LogP contribution in [0.2, 0.25) is 5.02 Å². The largest absolute Gasteiger partial charge is 0.466 e. The Morgan fingerprint density at radius 3 is 2.82 bits per heavy atom. The second kappa shape index (κ2) is 5.26. The third kappa shape index (κ3) is 2.82. The van der Waals surface area contributed by atoms with Crippen molar-refractivity contribution < 1.29 is 4.42 Å². The number of furan rings is 1. The maximum absolute atomic E-state index is 8.75. The molecule has 2 aromatic rings. The second-order valence-corrected chi connectivity index (χ2v) is 4.61. The van der Waals surface area contributed by atoms with Gasteiger partial charge in [-0.05, 0) is 40.2 Å². The number of nitrogens with one attached hydrogen (secondary N) is 1. The maximum atomic E-state index is 8.75. The molecule has 0 saturated heterocycles. The van der Waals surface area contributed by atoms with Gasteiger partial charge in [-0.3, -0.25) is 0 Å². The van der Waals surface area contributed by atoms with Crippen LogP contribution in [0, 0.1) is 11.3 Å². The third-order valence-electron chi connectivity index (χ3n) is 2.23. The fourth-order valence-corrected chi connectivity index (χ4v) is 1.91. The zero-order valence-corrected chi connectivity index (χ0v) is 11.0. The van der Waals surface area contributed by atoms with Crippen molar-refractivity contribution in [3.05, 3.63) is 51.3 Å². The van der Waals surface area contributed by atoms with Crippen LogP contribution in [0.25, 0.3) is 0 Å². The Balaban J connectivity index is 2.08. The predicted octanol–water partition coefficient (Wildman–Crippen LogP) is 4.18. The van der Waals surface area contributed by atoms with Crippen molar-refractivity contribution in [3.63, 3.8) is 0 Å². The van der Waals surface area contributed by atoms with Crippen LogP contribution < -0.4 is 5.32 Å². The van der Waals surface area contributed by atoms with Gasteiger partial charge in [-0.1, -0.05) is 11.6 Å². The minimum absolute atomic E-state index is 0.441. The van der Waals surface area contributed by atoms with Crippen LogP contribution in [0.15, 0.2) is 39.4 Å². The summed E-state index contributed by atoms with van der Waals surface area (Å²) in [5.74, 6) is 0.811. The summed E-state index contributed by atoms with van der Waals surface area (Å²) in [4.78, 5) is 0. The third-order valence-corrected chi connectivity index (χ3v) is 3.25. The van der Waals surface area contributed by atoms with Crippen molar-refractivity contribution in [1.29, 1.82) is 5.26 Å². The summed E-state index contributed by atoms with van der Waals surface area (Å²) in [6, 6.07) is 9.06. The standard InChI is InChI=1S/C12H8BrClN2O/c13-10-3-4-17-12(10)7-16-9-2-1-8(6-15)11(14)5-9/h1-5,16H,7H2. The Morgan fingerprint density at radius 2 is 2.24 bits per heavy atom. The van der Waals surface area contributed by atoms with Crippen LogP contribution in [-0.4, -0.2) is 0 Å². The molecule has 1 aromatic heterocycles. The molecule has 86 valence electrons. The molecule has 1 heterocycles. The molecule has 0 aliphatic carbocycles. The van der Waals surface area contributed by atoms with Gasteiger partial charge in [0, 0.05) is 5.69 Å². The molecule has 0 radical (unpaired) electrons. The summed E-state index contributed by atoms with van der Waals surface area (Å²) in [6.45, 7) is 0.551. The summed E-state index contributed by atoms with van der Waals surface area (Å²) < 4.78 is 6.19. The smallest absolute Gasteiger partial charge is 0.136 e. The Kier molecular flexibility index (Phi) is 3.72. The number of halogens is 2. The van der Waals surface area contributed by atoms with Gasteiger partial charge in [0.2, 0.25) is 0 Å². The van der Waals surface area contributed by atoms with E-state index in [9.17, 15) is 0 Å². The summed E-state index contributed by atoms with van der Waals surface area (Å²) in [5, 5.41) is 12.4. The van der Waals surface area contributed by atoms with Gasteiger partial charge in [0.25, 0.3) is 0 Å². The lowest BCUT2D eigenvalue weighted by Crippen LogP contribution is -1.98. The van der Waals surface area contributed by atoms with Gasteiger partial charge in [-0.25, -0.2) is 0 Å². The van der Waals surface area contributed by atoms with E-state index in [1.54, 1.807) is 24.5 Å². The molecule has 5 heteroatoms. The number of nitrogens with zero attached hydrogens (tertiary/aromatic N) is 1. The van der Waals surface area contributed by atoms with Crippen LogP contribution in [0.5, 0.6) is 0 Å². The predicted molar refractivity (Wildman–Crippen MR) is 69.9 cm³/mol. The van der Waals surface area contributed by atoms with Crippen LogP contribution in [0.1, 0.15) is 11.3 Å². The summed E-state index contributed by atoms with van der Waals surface area (Å²) >= 11 is 9.30. The van der Waals surface area contributed by atoms with Crippen LogP contribution in [0.3, 0.4) is 0 Å². The van der Waals surface area contributed by atoms with Crippen molar-refractivity contribution in [1.82, 2.24) is 0 Å². The van der Waals surface area contributed by atoms with Crippen molar-refractivity contribution >= 4 is 33.2 Å². The molecular weight excluding hydrogens is 304 g/mol. The van der Waals surface area contributed by atoms with Gasteiger partial charge in [-0.15, -0.1) is 0 Å². The fourth-order valence-electron chi connectivity index (χ4n) is 1.35. The topological polar surface area (TPSA) is 49.0 Å². The first-order valence-corrected chi connectivity index (χ1v) is 6.03. The molecule has 0 bridgehead atoms. The molecule has 0 spiro atoms. The van der Waals surface area contributed by atoms with Crippen LogP contribution in [-0.2, 0) is 6.54 Å². The first-order chi connectivity index (χ1) is 8.20. The first-order valence-electron chi connectivity index (χ1n) is 4.86. The summed E-state index contributed by atoms with van der Waals surface area (Å²) in [6.07, 6.45) is 1.62. The molecule has 0 aliphatic heterocycles. The van der Waals surface area contributed by atoms with E-state index in [4.69, 9.17) is 21.3 Å². The van der Waals surface area contributed by atoms with E-state index in [0.29, 0.717) is 17.1 Å². The average molecular weight is 312 g/mol. The molecule has 2 rings (SSSR count). The van der Waals surface area contributed by atoms with E-state index in [2.05, 4.69) is 21.2 Å². The molecule has 1 N–H and O–H groups in total. The van der Waals surface area contributed by atoms with Gasteiger partial charge >= 0.3 is 0 Å². The van der Waals surface area contributed by atoms with Gasteiger partial charge in [0.15, 0.2) is 0 Å². The lowest BCUT2D eigenvalue weighted by Gasteiger charge is -2.05. The zero-order chi connectivity index (χ0) is 12.3. The fraction of sp³-hybridized carbons (Fsp3) is 0.0833. The van der Waals surface area contributed by atoms with Crippen LogP contribution in [0.4, 0.5) is 5.69 Å². The Bertz CT molecular complexity index is 574. The number of nitriles is 1. The number of hydrogen-bond donors (Lipinski definition) is 1. The van der Waals surface area contributed by atoms with Crippen molar-refractivity contribution in [2.75, 3.05) is 5.32 Å². The van der Waals surface area contributed by atoms with E-state index < -0.39 is 0 Å². The molecule has 1 aromatic carbocycles. The minimum Gasteiger partial charge on any atom is -0.466 e. The van der Waals surface area contributed by atoms with Gasteiger partial charge in [0.1, 0.15) is 11.8 Å². The molecule has 0 atom stereocenters. The SMILES string of the molecule is N#Cc1ccc(NCc2occc2Br)cc1Cl. The van der Waals surface area contributed by atoms with Crippen molar-refractivity contribution in [2.45, 2.75) is 6.54 Å². The average Bonchev–Trinajstić information content (AvgIpc) is 2.72. The van der Waals surface area contributed by atoms with Gasteiger partial charge in [-0.2, -0.15) is 5.26 Å². The molecular formula is C12H8BrClN2O. The molecule has 0 saturated carbocycles. The molecule has 0 amide bonds. The normalized spacial score (nSPS) is 9.94. The van der Waals surface area contributed by atoms with E-state index in [-0.39, 0.29) is 0 Å². The molecule has 3 nitrogen and oxygen atoms in total. The van der Waals surface area contributed by atoms with E-state index in [1.165, 1.54) is 0 Å². The number of benzene rings is 1. The van der Waals surface area contributed by atoms with Gasteiger partial charge in [0.05, 0.1) is 27.9 Å². The number of rotatable bonds is 3. The quantitative estimate of drug-likeness (QED) is 0.925. The van der Waals surface area contributed by atoms with Crippen LogP contribution >= 0.6 is 27.5 Å². The monoisotopic (exact) mass is 310 g/mol. The number of hydrogen-bond acceptors (Lipinski definition) is 3. The minimum atomic E-state index is 0.441. The Hall–Kier alpha value is -1.44. The van der Waals surface area contributed by atoms with E-state index in [1.807, 2.05) is 12.1 Å². The highest BCUT2D eigenvalue weighted by atomic mass is 79.9. The highest BCUT2D eigenvalue weighted by Crippen LogP contribution is 2.22. The maximum Gasteiger partial charge on any atom is 0.136 e. The molecule has 0 aliphatic rings. The van der Waals surface area contributed by atoms with E-state index >= 15 is 0 Å². The highest BCUT2D eigenvalue weighted by molar-refractivity contribution is 9.10. The van der Waals surface area contributed by atoms with Gasteiger partial charge < -0.3 is 9.73 Å². The van der Waals surface area contributed by atoms with Crippen molar-refractivity contribution in [2.24, 2.45) is 0 Å². The summed E-state index contributed by atoms with van der Waals surface area (Å²) in [7, 11) is 0. The highest BCUT2D eigenvalue weighted by Gasteiger charge is 2.04. The molecule has 17 heavy (non-hydrogen) atoms.